The molecule has 0 aromatic carbocycles. The summed E-state index contributed by atoms with van der Waals surface area (Å²) in [6.45, 7) is 3.93. The number of carbonyl (C=O) groups is 2. The van der Waals surface area contributed by atoms with Gasteiger partial charge in [-0.2, -0.15) is 0 Å². The van der Waals surface area contributed by atoms with E-state index in [0.717, 1.165) is 19.3 Å². The maximum absolute atomic E-state index is 11.4. The molecule has 22 heavy (non-hydrogen) atoms. The number of nitrogens with zero attached hydrogens (tertiary/aromatic N) is 1. The third-order valence-electron chi connectivity index (χ3n) is 4.33. The Hall–Kier alpha value is -1.26. The van der Waals surface area contributed by atoms with Gasteiger partial charge in [0.15, 0.2) is 0 Å². The Morgan fingerprint density at radius 1 is 1.18 bits per heavy atom. The second-order valence-corrected chi connectivity index (χ2v) is 6.26. The quantitative estimate of drug-likeness (QED) is 0.521. The van der Waals surface area contributed by atoms with Gasteiger partial charge in [0, 0.05) is 13.0 Å². The smallest absolute Gasteiger partial charge is 0.409 e. The first kappa shape index (κ1) is 18.8. The van der Waals surface area contributed by atoms with Gasteiger partial charge in [-0.05, 0) is 18.8 Å². The van der Waals surface area contributed by atoms with E-state index in [-0.39, 0.29) is 18.4 Å². The van der Waals surface area contributed by atoms with Gasteiger partial charge in [-0.3, -0.25) is 4.79 Å². The van der Waals surface area contributed by atoms with Crippen LogP contribution in [0.1, 0.15) is 71.1 Å². The van der Waals surface area contributed by atoms with Crippen molar-refractivity contribution in [2.24, 2.45) is 5.92 Å². The van der Waals surface area contributed by atoms with Crippen molar-refractivity contribution in [3.8, 4) is 0 Å². The maximum atomic E-state index is 11.4. The summed E-state index contributed by atoms with van der Waals surface area (Å²) in [6.07, 6.45) is 10.4. The lowest BCUT2D eigenvalue weighted by molar-refractivity contribution is -0.138. The largest absolute Gasteiger partial charge is 0.481 e. The molecule has 0 bridgehead atoms. The van der Waals surface area contributed by atoms with Crippen molar-refractivity contribution in [3.63, 3.8) is 0 Å². The minimum Gasteiger partial charge on any atom is -0.481 e. The fraction of sp³-hybridized carbons (Fsp3) is 0.882. The zero-order valence-electron chi connectivity index (χ0n) is 13.9. The first-order valence-corrected chi connectivity index (χ1v) is 8.77. The van der Waals surface area contributed by atoms with Gasteiger partial charge in [0.05, 0.1) is 6.54 Å². The average Bonchev–Trinajstić information content (AvgIpc) is 2.88. The molecule has 128 valence electrons. The van der Waals surface area contributed by atoms with Gasteiger partial charge < -0.3 is 14.7 Å². The number of amides is 1. The highest BCUT2D eigenvalue weighted by molar-refractivity contribution is 5.69. The molecule has 1 N–H and O–H groups in total. The Kier molecular flexibility index (Phi) is 9.67. The fourth-order valence-electron chi connectivity index (χ4n) is 2.95. The molecule has 1 rings (SSSR count). The highest BCUT2D eigenvalue weighted by atomic mass is 16.6. The average molecular weight is 313 g/mol. The molecule has 1 fully saturated rings. The molecular formula is C17H31NO4. The van der Waals surface area contributed by atoms with Gasteiger partial charge in [0.1, 0.15) is 6.61 Å². The van der Waals surface area contributed by atoms with Crippen LogP contribution in [0.5, 0.6) is 0 Å². The normalized spacial score (nSPS) is 15.9. The Bertz CT molecular complexity index is 333. The van der Waals surface area contributed by atoms with Crippen LogP contribution in [0.2, 0.25) is 0 Å². The van der Waals surface area contributed by atoms with Crippen LogP contribution in [0.3, 0.4) is 0 Å². The summed E-state index contributed by atoms with van der Waals surface area (Å²) in [4.78, 5) is 24.0. The Morgan fingerprint density at radius 2 is 1.86 bits per heavy atom. The molecule has 1 heterocycles. The zero-order chi connectivity index (χ0) is 16.2. The predicted molar refractivity (Wildman–Crippen MR) is 85.9 cm³/mol. The number of carboxylic acid groups (broad SMARTS) is 1. The molecule has 1 aliphatic heterocycles. The molecule has 1 unspecified atom stereocenters. The van der Waals surface area contributed by atoms with E-state index >= 15 is 0 Å². The van der Waals surface area contributed by atoms with Crippen molar-refractivity contribution < 1.29 is 19.4 Å². The summed E-state index contributed by atoms with van der Waals surface area (Å²) in [5.74, 6) is -0.571. The number of unbranched alkanes of at least 4 members (excludes halogenated alkanes) is 6. The monoisotopic (exact) mass is 313 g/mol. The molecule has 0 saturated carbocycles. The van der Waals surface area contributed by atoms with Crippen LogP contribution in [0.4, 0.5) is 4.79 Å². The van der Waals surface area contributed by atoms with Gasteiger partial charge in [0.2, 0.25) is 0 Å². The van der Waals surface area contributed by atoms with Crippen LogP contribution in [0, 0.1) is 5.92 Å². The van der Waals surface area contributed by atoms with E-state index in [1.165, 1.54) is 38.5 Å². The van der Waals surface area contributed by atoms with E-state index in [2.05, 4.69) is 6.92 Å². The minimum absolute atomic E-state index is 0.168. The van der Waals surface area contributed by atoms with Gasteiger partial charge in [-0.25, -0.2) is 4.79 Å². The van der Waals surface area contributed by atoms with Crippen molar-refractivity contribution in [2.75, 3.05) is 19.7 Å². The first-order chi connectivity index (χ1) is 10.6. The van der Waals surface area contributed by atoms with Gasteiger partial charge in [0.25, 0.3) is 0 Å². The fourth-order valence-corrected chi connectivity index (χ4v) is 2.95. The Labute approximate surface area is 134 Å². The number of hydrogen-bond acceptors (Lipinski definition) is 3. The van der Waals surface area contributed by atoms with Crippen LogP contribution < -0.4 is 0 Å². The summed E-state index contributed by atoms with van der Waals surface area (Å²) in [6, 6.07) is 0. The van der Waals surface area contributed by atoms with E-state index in [4.69, 9.17) is 9.84 Å². The first-order valence-electron chi connectivity index (χ1n) is 8.77. The molecule has 1 saturated heterocycles. The SMILES string of the molecule is CCCCCCCCCC(CCN1CCOC1=O)CC(=O)O. The molecule has 0 spiro atoms. The molecule has 1 aliphatic rings. The van der Waals surface area contributed by atoms with Crippen molar-refractivity contribution in [2.45, 2.75) is 71.1 Å². The number of carbonyl (C=O) groups excluding carboxylic acids is 1. The molecule has 0 radical (unpaired) electrons. The van der Waals surface area contributed by atoms with E-state index in [1.807, 2.05) is 0 Å². The number of hydrogen-bond donors (Lipinski definition) is 1. The van der Waals surface area contributed by atoms with E-state index in [9.17, 15) is 9.59 Å². The van der Waals surface area contributed by atoms with Crippen LogP contribution in [0.25, 0.3) is 0 Å². The zero-order valence-corrected chi connectivity index (χ0v) is 13.9. The lowest BCUT2D eigenvalue weighted by Gasteiger charge is -2.18. The predicted octanol–water partition coefficient (Wildman–Crippen LogP) is 4.06. The number of ether oxygens (including phenoxy) is 1. The standard InChI is InChI=1S/C17H31NO4/c1-2-3-4-5-6-7-8-9-15(14-16(19)20)10-11-18-12-13-22-17(18)21/h15H,2-14H2,1H3,(H,19,20). The maximum Gasteiger partial charge on any atom is 0.409 e. The van der Waals surface area contributed by atoms with Gasteiger partial charge >= 0.3 is 12.1 Å². The number of rotatable bonds is 13. The van der Waals surface area contributed by atoms with E-state index < -0.39 is 5.97 Å². The molecule has 0 aliphatic carbocycles. The molecule has 1 atom stereocenters. The summed E-state index contributed by atoms with van der Waals surface area (Å²) in [5.41, 5.74) is 0. The third kappa shape index (κ3) is 8.25. The summed E-state index contributed by atoms with van der Waals surface area (Å²) in [7, 11) is 0. The van der Waals surface area contributed by atoms with Crippen LogP contribution in [-0.4, -0.2) is 41.8 Å². The van der Waals surface area contributed by atoms with Crippen molar-refractivity contribution in [1.29, 1.82) is 0 Å². The minimum atomic E-state index is -0.739. The Morgan fingerprint density at radius 3 is 2.45 bits per heavy atom. The van der Waals surface area contributed by atoms with Gasteiger partial charge in [-0.1, -0.05) is 51.9 Å². The lowest BCUT2D eigenvalue weighted by Crippen LogP contribution is -2.27. The van der Waals surface area contributed by atoms with E-state index in [0.29, 0.717) is 19.7 Å². The molecule has 5 heteroatoms. The molecule has 0 aromatic heterocycles. The van der Waals surface area contributed by atoms with Crippen molar-refractivity contribution >= 4 is 12.1 Å². The molecule has 1 amide bonds. The van der Waals surface area contributed by atoms with Crippen molar-refractivity contribution in [3.05, 3.63) is 0 Å². The van der Waals surface area contributed by atoms with Gasteiger partial charge in [-0.15, -0.1) is 0 Å². The van der Waals surface area contributed by atoms with Crippen LogP contribution >= 0.6 is 0 Å². The number of carboxylic acids is 1. The molecular weight excluding hydrogens is 282 g/mol. The summed E-state index contributed by atoms with van der Waals surface area (Å²) >= 11 is 0. The Balaban J connectivity index is 2.16. The highest BCUT2D eigenvalue weighted by Crippen LogP contribution is 2.20. The second kappa shape index (κ2) is 11.3. The summed E-state index contributed by atoms with van der Waals surface area (Å²) in [5, 5.41) is 9.02. The third-order valence-corrected chi connectivity index (χ3v) is 4.33. The topological polar surface area (TPSA) is 66.8 Å². The lowest BCUT2D eigenvalue weighted by atomic mass is 9.94. The molecule has 5 nitrogen and oxygen atoms in total. The molecule has 0 aromatic rings. The number of aliphatic carboxylic acids is 1. The van der Waals surface area contributed by atoms with Crippen LogP contribution in [0.15, 0.2) is 0 Å². The summed E-state index contributed by atoms with van der Waals surface area (Å²) < 4.78 is 4.89. The highest BCUT2D eigenvalue weighted by Gasteiger charge is 2.23. The van der Waals surface area contributed by atoms with Crippen molar-refractivity contribution in [1.82, 2.24) is 4.90 Å². The second-order valence-electron chi connectivity index (χ2n) is 6.26. The van der Waals surface area contributed by atoms with Crippen LogP contribution in [-0.2, 0) is 9.53 Å². The van der Waals surface area contributed by atoms with E-state index in [1.54, 1.807) is 4.90 Å². The number of cyclic esters (lactones) is 1.